The summed E-state index contributed by atoms with van der Waals surface area (Å²) in [5.41, 5.74) is 2.88. The van der Waals surface area contributed by atoms with E-state index in [4.69, 9.17) is 0 Å². The van der Waals surface area contributed by atoms with Crippen LogP contribution in [-0.2, 0) is 23.1 Å². The molecule has 1 fully saturated rings. The van der Waals surface area contributed by atoms with Crippen LogP contribution in [0.2, 0.25) is 0 Å². The first-order valence-corrected chi connectivity index (χ1v) is 11.5. The summed E-state index contributed by atoms with van der Waals surface area (Å²) in [6.45, 7) is 3.52. The van der Waals surface area contributed by atoms with E-state index < -0.39 is 10.0 Å². The van der Waals surface area contributed by atoms with Gasteiger partial charge in [0.1, 0.15) is 0 Å². The number of carbonyl (C=O) groups is 1. The second-order valence-electron chi connectivity index (χ2n) is 7.21. The fraction of sp³-hybridized carbons (Fsp3) is 0.381. The van der Waals surface area contributed by atoms with E-state index in [1.54, 1.807) is 24.3 Å². The second kappa shape index (κ2) is 9.21. The van der Waals surface area contributed by atoms with Crippen molar-refractivity contribution in [2.75, 3.05) is 24.1 Å². The van der Waals surface area contributed by atoms with Gasteiger partial charge in [-0.25, -0.2) is 8.42 Å². The molecule has 0 spiro atoms. The molecule has 6 nitrogen and oxygen atoms in total. The highest BCUT2D eigenvalue weighted by molar-refractivity contribution is 7.92. The number of hydrogen-bond donors (Lipinski definition) is 2. The molecule has 0 radical (unpaired) electrons. The van der Waals surface area contributed by atoms with E-state index in [1.807, 2.05) is 18.2 Å². The first-order chi connectivity index (χ1) is 13.4. The quantitative estimate of drug-likeness (QED) is 0.748. The molecule has 0 bridgehead atoms. The van der Waals surface area contributed by atoms with Crippen LogP contribution in [0.1, 0.15) is 40.7 Å². The van der Waals surface area contributed by atoms with Crippen molar-refractivity contribution in [3.63, 3.8) is 0 Å². The average Bonchev–Trinajstić information content (AvgIpc) is 2.67. The minimum Gasteiger partial charge on any atom is -0.348 e. The number of nitrogens with zero attached hydrogens (tertiary/aromatic N) is 1. The van der Waals surface area contributed by atoms with Crippen LogP contribution < -0.4 is 10.0 Å². The molecule has 1 amide bonds. The lowest BCUT2D eigenvalue weighted by molar-refractivity contribution is 0.0951. The van der Waals surface area contributed by atoms with Crippen LogP contribution in [-0.4, -0.2) is 38.6 Å². The number of para-hydroxylation sites is 1. The zero-order chi connectivity index (χ0) is 20.0. The highest BCUT2D eigenvalue weighted by Crippen LogP contribution is 2.18. The summed E-state index contributed by atoms with van der Waals surface area (Å²) in [5, 5.41) is 2.93. The van der Waals surface area contributed by atoms with Crippen molar-refractivity contribution in [2.45, 2.75) is 32.4 Å². The van der Waals surface area contributed by atoms with Crippen molar-refractivity contribution in [3.05, 3.63) is 65.2 Å². The van der Waals surface area contributed by atoms with Gasteiger partial charge in [-0.1, -0.05) is 42.8 Å². The van der Waals surface area contributed by atoms with E-state index in [0.29, 0.717) is 12.1 Å². The van der Waals surface area contributed by atoms with Gasteiger partial charge in [0.05, 0.1) is 17.5 Å². The van der Waals surface area contributed by atoms with Gasteiger partial charge in [-0.05, 0) is 49.2 Å². The molecule has 0 aliphatic carbocycles. The van der Waals surface area contributed by atoms with Crippen LogP contribution in [0, 0.1) is 0 Å². The summed E-state index contributed by atoms with van der Waals surface area (Å²) in [7, 11) is -3.46. The third kappa shape index (κ3) is 5.81. The van der Waals surface area contributed by atoms with Crippen LogP contribution in [0.3, 0.4) is 0 Å². The Morgan fingerprint density at radius 3 is 2.32 bits per heavy atom. The molecule has 1 saturated heterocycles. The smallest absolute Gasteiger partial charge is 0.253 e. The zero-order valence-corrected chi connectivity index (χ0v) is 17.0. The maximum Gasteiger partial charge on any atom is 0.253 e. The highest BCUT2D eigenvalue weighted by Gasteiger charge is 2.15. The number of carbonyl (C=O) groups excluding carboxylic acids is 1. The SMILES string of the molecule is CS(=O)(=O)Nc1ccccc1C(=O)NCc1ccccc1CN1CCCCC1. The Morgan fingerprint density at radius 1 is 0.964 bits per heavy atom. The number of sulfonamides is 1. The van der Waals surface area contributed by atoms with Gasteiger partial charge < -0.3 is 5.32 Å². The molecule has 1 aliphatic heterocycles. The number of amides is 1. The molecule has 0 atom stereocenters. The molecule has 2 aromatic carbocycles. The molecule has 0 aromatic heterocycles. The van der Waals surface area contributed by atoms with Crippen LogP contribution >= 0.6 is 0 Å². The highest BCUT2D eigenvalue weighted by atomic mass is 32.2. The zero-order valence-electron chi connectivity index (χ0n) is 16.1. The Hall–Kier alpha value is -2.38. The minimum absolute atomic E-state index is 0.282. The number of benzene rings is 2. The predicted molar refractivity (Wildman–Crippen MR) is 112 cm³/mol. The lowest BCUT2D eigenvalue weighted by atomic mass is 10.0. The van der Waals surface area contributed by atoms with Crippen molar-refractivity contribution >= 4 is 21.6 Å². The average molecular weight is 402 g/mol. The van der Waals surface area contributed by atoms with E-state index in [0.717, 1.165) is 31.5 Å². The third-order valence-electron chi connectivity index (χ3n) is 4.87. The fourth-order valence-electron chi connectivity index (χ4n) is 3.48. The maximum absolute atomic E-state index is 12.7. The standard InChI is InChI=1S/C21H27N3O3S/c1-28(26,27)23-20-12-6-5-11-19(20)21(25)22-15-17-9-3-4-10-18(17)16-24-13-7-2-8-14-24/h3-6,9-12,23H,2,7-8,13-16H2,1H3,(H,22,25). The molecule has 7 heteroatoms. The molecule has 2 aromatic rings. The van der Waals surface area contributed by atoms with Crippen molar-refractivity contribution < 1.29 is 13.2 Å². The topological polar surface area (TPSA) is 78.5 Å². The lowest BCUT2D eigenvalue weighted by Gasteiger charge is -2.27. The van der Waals surface area contributed by atoms with Gasteiger partial charge in [-0.3, -0.25) is 14.4 Å². The van der Waals surface area contributed by atoms with E-state index in [2.05, 4.69) is 21.0 Å². The molecule has 2 N–H and O–H groups in total. The van der Waals surface area contributed by atoms with Crippen molar-refractivity contribution in [1.29, 1.82) is 0 Å². The summed E-state index contributed by atoms with van der Waals surface area (Å²) in [5.74, 6) is -0.306. The summed E-state index contributed by atoms with van der Waals surface area (Å²) in [6, 6.07) is 14.7. The fourth-order valence-corrected chi connectivity index (χ4v) is 4.06. The number of hydrogen-bond acceptors (Lipinski definition) is 4. The molecule has 1 aliphatic rings. The molecule has 28 heavy (non-hydrogen) atoms. The summed E-state index contributed by atoms with van der Waals surface area (Å²) in [6.07, 6.45) is 4.85. The van der Waals surface area contributed by atoms with Crippen LogP contribution in [0.15, 0.2) is 48.5 Å². The molecular weight excluding hydrogens is 374 g/mol. The second-order valence-corrected chi connectivity index (χ2v) is 8.96. The van der Waals surface area contributed by atoms with Gasteiger partial charge in [-0.2, -0.15) is 0 Å². The number of nitrogens with one attached hydrogen (secondary N) is 2. The van der Waals surface area contributed by atoms with Crippen molar-refractivity contribution in [2.24, 2.45) is 0 Å². The molecule has 1 heterocycles. The first kappa shape index (κ1) is 20.4. The molecule has 0 unspecified atom stereocenters. The Bertz CT molecular complexity index is 922. The van der Waals surface area contributed by atoms with E-state index >= 15 is 0 Å². The van der Waals surface area contributed by atoms with E-state index in [1.165, 1.54) is 24.8 Å². The van der Waals surface area contributed by atoms with Crippen molar-refractivity contribution in [1.82, 2.24) is 10.2 Å². The van der Waals surface area contributed by atoms with Gasteiger partial charge in [0, 0.05) is 13.1 Å². The lowest BCUT2D eigenvalue weighted by Crippen LogP contribution is -2.30. The van der Waals surface area contributed by atoms with Gasteiger partial charge in [0.2, 0.25) is 10.0 Å². The first-order valence-electron chi connectivity index (χ1n) is 9.56. The molecular formula is C21H27N3O3S. The molecule has 0 saturated carbocycles. The molecule has 3 rings (SSSR count). The van der Waals surface area contributed by atoms with Crippen LogP contribution in [0.4, 0.5) is 5.69 Å². The van der Waals surface area contributed by atoms with Gasteiger partial charge in [-0.15, -0.1) is 0 Å². The Balaban J connectivity index is 1.68. The summed E-state index contributed by atoms with van der Waals surface area (Å²) in [4.78, 5) is 15.1. The molecule has 150 valence electrons. The van der Waals surface area contributed by atoms with Gasteiger partial charge in [0.15, 0.2) is 0 Å². The summed E-state index contributed by atoms with van der Waals surface area (Å²) >= 11 is 0. The number of anilines is 1. The normalized spacial score (nSPS) is 15.2. The monoisotopic (exact) mass is 401 g/mol. The van der Waals surface area contributed by atoms with Crippen LogP contribution in [0.5, 0.6) is 0 Å². The minimum atomic E-state index is -3.46. The summed E-state index contributed by atoms with van der Waals surface area (Å²) < 4.78 is 25.5. The predicted octanol–water partition coefficient (Wildman–Crippen LogP) is 2.97. The number of piperidine rings is 1. The Labute approximate surface area is 167 Å². The number of rotatable bonds is 7. The Kier molecular flexibility index (Phi) is 6.70. The largest absolute Gasteiger partial charge is 0.348 e. The third-order valence-corrected chi connectivity index (χ3v) is 5.46. The van der Waals surface area contributed by atoms with Gasteiger partial charge in [0.25, 0.3) is 5.91 Å². The van der Waals surface area contributed by atoms with E-state index in [9.17, 15) is 13.2 Å². The maximum atomic E-state index is 12.7. The van der Waals surface area contributed by atoms with Gasteiger partial charge >= 0.3 is 0 Å². The Morgan fingerprint density at radius 2 is 1.61 bits per heavy atom. The van der Waals surface area contributed by atoms with Crippen LogP contribution in [0.25, 0.3) is 0 Å². The van der Waals surface area contributed by atoms with E-state index in [-0.39, 0.29) is 11.6 Å². The number of likely N-dealkylation sites (tertiary alicyclic amines) is 1. The van der Waals surface area contributed by atoms with Crippen molar-refractivity contribution in [3.8, 4) is 0 Å².